The molecule has 106 valence electrons. The molecule has 2 heterocycles. The summed E-state index contributed by atoms with van der Waals surface area (Å²) in [5.41, 5.74) is 2.37. The summed E-state index contributed by atoms with van der Waals surface area (Å²) in [5, 5.41) is 26.4. The minimum Gasteiger partial charge on any atom is -0.507 e. The number of aromatic nitrogens is 2. The van der Waals surface area contributed by atoms with Crippen LogP contribution in [0.1, 0.15) is 29.5 Å². The zero-order chi connectivity index (χ0) is 14.3. The molecule has 6 heteroatoms. The van der Waals surface area contributed by atoms with Gasteiger partial charge in [-0.3, -0.25) is 0 Å². The molecule has 0 aliphatic carbocycles. The lowest BCUT2D eigenvalue weighted by atomic mass is 10.1. The summed E-state index contributed by atoms with van der Waals surface area (Å²) in [4.78, 5) is 4.38. The van der Waals surface area contributed by atoms with Crippen LogP contribution in [0.25, 0.3) is 11.4 Å². The average Bonchev–Trinajstić information content (AvgIpc) is 3.03. The van der Waals surface area contributed by atoms with E-state index >= 15 is 0 Å². The van der Waals surface area contributed by atoms with Crippen molar-refractivity contribution < 1.29 is 14.7 Å². The summed E-state index contributed by atoms with van der Waals surface area (Å²) >= 11 is 0. The first kappa shape index (κ1) is 13.1. The molecule has 1 saturated heterocycles. The van der Waals surface area contributed by atoms with Gasteiger partial charge in [0.15, 0.2) is 0 Å². The highest BCUT2D eigenvalue weighted by molar-refractivity contribution is 5.60. The van der Waals surface area contributed by atoms with Gasteiger partial charge >= 0.3 is 0 Å². The Kier molecular flexibility index (Phi) is 3.19. The van der Waals surface area contributed by atoms with E-state index in [1.807, 2.05) is 26.0 Å². The van der Waals surface area contributed by atoms with Crippen molar-refractivity contribution >= 4 is 0 Å². The Morgan fingerprint density at radius 3 is 2.60 bits per heavy atom. The molecule has 0 amide bonds. The molecule has 3 N–H and O–H groups in total. The molecule has 0 spiro atoms. The number of phenolic OH excluding ortho intramolecular Hbond substituents is 1. The minimum absolute atomic E-state index is 0.0921. The lowest BCUT2D eigenvalue weighted by Gasteiger charge is -2.05. The van der Waals surface area contributed by atoms with Gasteiger partial charge < -0.3 is 20.1 Å². The van der Waals surface area contributed by atoms with Gasteiger partial charge in [0.05, 0.1) is 12.1 Å². The molecule has 0 saturated carbocycles. The quantitative estimate of drug-likeness (QED) is 0.768. The van der Waals surface area contributed by atoms with E-state index in [1.165, 1.54) is 0 Å². The van der Waals surface area contributed by atoms with Gasteiger partial charge in [0.25, 0.3) is 0 Å². The van der Waals surface area contributed by atoms with E-state index in [0.717, 1.165) is 16.7 Å². The number of benzene rings is 1. The summed E-state index contributed by atoms with van der Waals surface area (Å²) < 4.78 is 5.26. The molecule has 1 aromatic carbocycles. The second-order valence-corrected chi connectivity index (χ2v) is 5.27. The molecule has 0 radical (unpaired) electrons. The van der Waals surface area contributed by atoms with Crippen LogP contribution in [0, 0.1) is 13.8 Å². The molecule has 1 aromatic heterocycles. The van der Waals surface area contributed by atoms with Gasteiger partial charge in [0.2, 0.25) is 11.7 Å². The number of rotatable bonds is 2. The number of β-amino-alcohol motifs (C(OH)–C–C–N with tert-alkyl or cyclic N) is 1. The third-order valence-corrected chi connectivity index (χ3v) is 3.60. The van der Waals surface area contributed by atoms with E-state index in [1.54, 1.807) is 0 Å². The summed E-state index contributed by atoms with van der Waals surface area (Å²) in [5.74, 6) is 1.27. The summed E-state index contributed by atoms with van der Waals surface area (Å²) in [6.07, 6.45) is 0.212. The first-order valence-electron chi connectivity index (χ1n) is 6.60. The van der Waals surface area contributed by atoms with Crippen molar-refractivity contribution in [3.63, 3.8) is 0 Å². The van der Waals surface area contributed by atoms with Crippen molar-refractivity contribution in [1.82, 2.24) is 15.5 Å². The van der Waals surface area contributed by atoms with Crippen molar-refractivity contribution in [3.05, 3.63) is 29.2 Å². The van der Waals surface area contributed by atoms with Gasteiger partial charge in [-0.15, -0.1) is 0 Å². The fourth-order valence-corrected chi connectivity index (χ4v) is 2.48. The molecular weight excluding hydrogens is 258 g/mol. The standard InChI is InChI=1S/C14H17N3O3/c1-7-3-9(4-8(2)12(7)19)13-16-14(20-17-13)11-5-10(18)6-15-11/h3-4,10-11,15,18-19H,5-6H2,1-2H3/t10-,11+/m1/s1. The summed E-state index contributed by atoms with van der Waals surface area (Å²) in [6.45, 7) is 4.21. The number of nitrogens with one attached hydrogen (secondary N) is 1. The van der Waals surface area contributed by atoms with Crippen molar-refractivity contribution in [2.45, 2.75) is 32.4 Å². The van der Waals surface area contributed by atoms with E-state index in [9.17, 15) is 10.2 Å². The highest BCUT2D eigenvalue weighted by atomic mass is 16.5. The molecule has 2 atom stereocenters. The molecular formula is C14H17N3O3. The predicted molar refractivity (Wildman–Crippen MR) is 72.2 cm³/mol. The summed E-state index contributed by atoms with van der Waals surface area (Å²) in [6, 6.07) is 3.56. The normalized spacial score (nSPS) is 22.4. The minimum atomic E-state index is -0.367. The van der Waals surface area contributed by atoms with Crippen LogP contribution in [0.15, 0.2) is 16.7 Å². The van der Waals surface area contributed by atoms with Crippen molar-refractivity contribution in [2.24, 2.45) is 0 Å². The van der Waals surface area contributed by atoms with Crippen LogP contribution in [0.2, 0.25) is 0 Å². The zero-order valence-corrected chi connectivity index (χ0v) is 11.4. The Labute approximate surface area is 116 Å². The Morgan fingerprint density at radius 1 is 1.30 bits per heavy atom. The highest BCUT2D eigenvalue weighted by Gasteiger charge is 2.28. The number of aromatic hydroxyl groups is 1. The average molecular weight is 275 g/mol. The van der Waals surface area contributed by atoms with E-state index < -0.39 is 0 Å². The molecule has 1 aliphatic rings. The van der Waals surface area contributed by atoms with E-state index in [2.05, 4.69) is 15.5 Å². The maximum absolute atomic E-state index is 9.78. The van der Waals surface area contributed by atoms with Gasteiger partial charge in [0.1, 0.15) is 5.75 Å². The smallest absolute Gasteiger partial charge is 0.244 e. The maximum atomic E-state index is 9.78. The molecule has 1 fully saturated rings. The van der Waals surface area contributed by atoms with E-state index in [4.69, 9.17) is 4.52 Å². The number of hydrogen-bond acceptors (Lipinski definition) is 6. The van der Waals surface area contributed by atoms with Crippen molar-refractivity contribution in [2.75, 3.05) is 6.54 Å². The fourth-order valence-electron chi connectivity index (χ4n) is 2.48. The van der Waals surface area contributed by atoms with Crippen LogP contribution in [0.3, 0.4) is 0 Å². The van der Waals surface area contributed by atoms with Crippen LogP contribution < -0.4 is 5.32 Å². The molecule has 6 nitrogen and oxygen atoms in total. The van der Waals surface area contributed by atoms with Crippen molar-refractivity contribution in [1.29, 1.82) is 0 Å². The van der Waals surface area contributed by atoms with E-state index in [0.29, 0.717) is 24.7 Å². The Balaban J connectivity index is 1.90. The molecule has 2 aromatic rings. The largest absolute Gasteiger partial charge is 0.507 e. The van der Waals surface area contributed by atoms with Gasteiger partial charge in [0, 0.05) is 12.1 Å². The van der Waals surface area contributed by atoms with Gasteiger partial charge in [-0.25, -0.2) is 0 Å². The predicted octanol–water partition coefficient (Wildman–Crippen LogP) is 1.45. The molecule has 20 heavy (non-hydrogen) atoms. The zero-order valence-electron chi connectivity index (χ0n) is 11.4. The summed E-state index contributed by atoms with van der Waals surface area (Å²) in [7, 11) is 0. The van der Waals surface area contributed by atoms with Crippen LogP contribution in [0.4, 0.5) is 0 Å². The second kappa shape index (κ2) is 4.88. The van der Waals surface area contributed by atoms with E-state index in [-0.39, 0.29) is 17.9 Å². The Bertz CT molecular complexity index is 615. The molecule has 0 unspecified atom stereocenters. The number of aryl methyl sites for hydroxylation is 2. The molecule has 1 aliphatic heterocycles. The second-order valence-electron chi connectivity index (χ2n) is 5.27. The van der Waals surface area contributed by atoms with Crippen LogP contribution in [-0.2, 0) is 0 Å². The van der Waals surface area contributed by atoms with Crippen LogP contribution in [-0.4, -0.2) is 33.0 Å². The first-order chi connectivity index (χ1) is 9.54. The highest BCUT2D eigenvalue weighted by Crippen LogP contribution is 2.29. The molecule has 0 bridgehead atoms. The molecule has 3 rings (SSSR count). The maximum Gasteiger partial charge on any atom is 0.244 e. The number of nitrogens with zero attached hydrogens (tertiary/aromatic N) is 2. The van der Waals surface area contributed by atoms with Gasteiger partial charge in [-0.05, 0) is 43.5 Å². The number of phenols is 1. The van der Waals surface area contributed by atoms with Crippen LogP contribution in [0.5, 0.6) is 5.75 Å². The number of hydrogen-bond donors (Lipinski definition) is 3. The number of aliphatic hydroxyl groups excluding tert-OH is 1. The fraction of sp³-hybridized carbons (Fsp3) is 0.429. The van der Waals surface area contributed by atoms with Gasteiger partial charge in [-0.1, -0.05) is 5.16 Å². The topological polar surface area (TPSA) is 91.4 Å². The van der Waals surface area contributed by atoms with Crippen molar-refractivity contribution in [3.8, 4) is 17.1 Å². The third-order valence-electron chi connectivity index (χ3n) is 3.60. The SMILES string of the molecule is Cc1cc(-c2noc([C@@H]3C[C@@H](O)CN3)n2)cc(C)c1O. The lowest BCUT2D eigenvalue weighted by molar-refractivity contribution is 0.191. The Hall–Kier alpha value is -1.92. The Morgan fingerprint density at radius 2 is 2.00 bits per heavy atom. The monoisotopic (exact) mass is 275 g/mol. The van der Waals surface area contributed by atoms with Crippen LogP contribution >= 0.6 is 0 Å². The van der Waals surface area contributed by atoms with Gasteiger partial charge in [-0.2, -0.15) is 4.98 Å². The number of aliphatic hydroxyl groups is 1. The lowest BCUT2D eigenvalue weighted by Crippen LogP contribution is -2.15. The first-order valence-corrected chi connectivity index (χ1v) is 6.60. The third kappa shape index (κ3) is 2.28.